The van der Waals surface area contributed by atoms with Gasteiger partial charge in [0.25, 0.3) is 0 Å². The average molecular weight is 1300 g/mol. The number of benzene rings is 1. The number of esters is 1. The van der Waals surface area contributed by atoms with Crippen LogP contribution in [-0.4, -0.2) is 199 Å². The lowest BCUT2D eigenvalue weighted by Crippen LogP contribution is -2.50. The fraction of sp³-hybridized carbons (Fsp3) is 0.707. The molecule has 0 unspecified atom stereocenters. The summed E-state index contributed by atoms with van der Waals surface area (Å²) >= 11 is 0. The smallest absolute Gasteiger partial charge is 0.311 e. The molecule has 512 valence electrons. The summed E-state index contributed by atoms with van der Waals surface area (Å²) in [5.41, 5.74) is 0.945. The highest BCUT2D eigenvalue weighted by atomic mass is 19.2. The fourth-order valence-electron chi connectivity index (χ4n) is 8.72. The van der Waals surface area contributed by atoms with Gasteiger partial charge in [-0.3, -0.25) is 38.0 Å². The highest BCUT2D eigenvalue weighted by Crippen LogP contribution is 2.30. The topological polar surface area (TPSA) is 318 Å². The molecule has 28 nitrogen and oxygen atoms in total. The van der Waals surface area contributed by atoms with Crippen LogP contribution in [-0.2, 0) is 108 Å². The molecule has 91 heavy (non-hydrogen) atoms. The Kier molecular flexibility index (Phi) is 39.1. The Morgan fingerprint density at radius 2 is 0.681 bits per heavy atom. The molecule has 4 N–H and O–H groups in total. The first-order valence-electron chi connectivity index (χ1n) is 30.6. The summed E-state index contributed by atoms with van der Waals surface area (Å²) in [7, 11) is 5.30. The zero-order chi connectivity index (χ0) is 65.7. The van der Waals surface area contributed by atoms with Gasteiger partial charge < -0.3 is 68.6 Å². The standard InChI is InChI=1S/C58H90F5N13O15/c1-74-38-44(68-71-74)41-88-35-32-85-29-26-82-23-20-64-47(77)14-17-58(18-15-48(78)65-21-24-83-27-30-86-33-36-89-42-45-39-75(2)72-69-45,19-16-49(79)66-22-25-84-28-31-87-34-37-90-43-46-40-76(3)73-70-46)67-50(80)12-10-8-6-4-5-7-9-11-13-51(81)91-57-55(62)53(60)52(59)54(61)56(57)63/h38-40H,4-37,41-43H2,1-3H3,(H,64,77)(H,65,78)(H,66,79)(H,67,80). The Morgan fingerprint density at radius 3 is 1.01 bits per heavy atom. The maximum Gasteiger partial charge on any atom is 0.311 e. The molecular formula is C58H90F5N13O15. The van der Waals surface area contributed by atoms with Gasteiger partial charge in [0.05, 0.1) is 138 Å². The fourth-order valence-corrected chi connectivity index (χ4v) is 8.72. The number of carbonyl (C=O) groups is 5. The third-order valence-electron chi connectivity index (χ3n) is 13.5. The number of hydrogen-bond acceptors (Lipinski definition) is 21. The zero-order valence-electron chi connectivity index (χ0n) is 52.4. The van der Waals surface area contributed by atoms with Crippen molar-refractivity contribution in [2.45, 2.75) is 128 Å². The molecular weight excluding hydrogens is 1210 g/mol. The zero-order valence-corrected chi connectivity index (χ0v) is 52.4. The van der Waals surface area contributed by atoms with Crippen LogP contribution in [0.5, 0.6) is 5.75 Å². The quantitative estimate of drug-likeness (QED) is 0.0122. The van der Waals surface area contributed by atoms with Crippen molar-refractivity contribution in [3.63, 3.8) is 0 Å². The predicted octanol–water partition coefficient (Wildman–Crippen LogP) is 3.87. The van der Waals surface area contributed by atoms with E-state index in [-0.39, 0.29) is 141 Å². The predicted molar refractivity (Wildman–Crippen MR) is 313 cm³/mol. The number of aryl methyl sites for hydroxylation is 3. The van der Waals surface area contributed by atoms with E-state index in [0.717, 1.165) is 19.3 Å². The van der Waals surface area contributed by atoms with Crippen LogP contribution in [0.25, 0.3) is 0 Å². The highest BCUT2D eigenvalue weighted by molar-refractivity contribution is 5.80. The lowest BCUT2D eigenvalue weighted by molar-refractivity contribution is -0.135. The Bertz CT molecular complexity index is 2490. The summed E-state index contributed by atoms with van der Waals surface area (Å²) in [6.45, 7) is 5.96. The van der Waals surface area contributed by atoms with Gasteiger partial charge >= 0.3 is 5.97 Å². The number of nitrogens with one attached hydrogen (secondary N) is 4. The van der Waals surface area contributed by atoms with Crippen LogP contribution in [0, 0.1) is 29.1 Å². The average Bonchev–Trinajstić information content (AvgIpc) is 2.00. The number of unbranched alkanes of at least 4 members (excludes halogenated alkanes) is 7. The Hall–Kier alpha value is -6.72. The van der Waals surface area contributed by atoms with E-state index in [1.54, 1.807) is 53.8 Å². The van der Waals surface area contributed by atoms with Crippen molar-refractivity contribution in [2.24, 2.45) is 21.1 Å². The molecule has 0 aliphatic heterocycles. The van der Waals surface area contributed by atoms with Crippen LogP contribution in [0.1, 0.15) is 120 Å². The summed E-state index contributed by atoms with van der Waals surface area (Å²) in [6, 6.07) is 0. The second-order valence-electron chi connectivity index (χ2n) is 21.1. The van der Waals surface area contributed by atoms with Crippen molar-refractivity contribution in [1.29, 1.82) is 0 Å². The summed E-state index contributed by atoms with van der Waals surface area (Å²) in [4.78, 5) is 66.2. The summed E-state index contributed by atoms with van der Waals surface area (Å²) in [6.07, 6.45) is 10.1. The number of rotatable bonds is 55. The minimum Gasteiger partial charge on any atom is -0.420 e. The molecule has 0 aliphatic rings. The molecule has 0 atom stereocenters. The van der Waals surface area contributed by atoms with Crippen LogP contribution in [0.4, 0.5) is 22.0 Å². The summed E-state index contributed by atoms with van der Waals surface area (Å²) < 4.78 is 128. The number of carbonyl (C=O) groups excluding carboxylic acids is 5. The van der Waals surface area contributed by atoms with Crippen LogP contribution in [0.15, 0.2) is 18.6 Å². The minimum absolute atomic E-state index is 0.0544. The van der Waals surface area contributed by atoms with E-state index in [1.165, 1.54) is 0 Å². The van der Waals surface area contributed by atoms with Crippen molar-refractivity contribution in [3.05, 3.63) is 64.8 Å². The second-order valence-corrected chi connectivity index (χ2v) is 21.1. The number of halogens is 5. The van der Waals surface area contributed by atoms with Crippen LogP contribution < -0.4 is 26.0 Å². The van der Waals surface area contributed by atoms with Crippen LogP contribution >= 0.6 is 0 Å². The molecule has 4 amide bonds. The van der Waals surface area contributed by atoms with E-state index >= 15 is 0 Å². The molecule has 0 saturated heterocycles. The van der Waals surface area contributed by atoms with Gasteiger partial charge in [-0.05, 0) is 32.1 Å². The molecule has 0 aliphatic carbocycles. The molecule has 4 rings (SSSR count). The van der Waals surface area contributed by atoms with Crippen molar-refractivity contribution in [1.82, 2.24) is 66.2 Å². The monoisotopic (exact) mass is 1300 g/mol. The Morgan fingerprint density at radius 1 is 0.385 bits per heavy atom. The molecule has 3 aromatic heterocycles. The molecule has 0 fully saturated rings. The van der Waals surface area contributed by atoms with Gasteiger partial charge in [0.2, 0.25) is 58.5 Å². The van der Waals surface area contributed by atoms with Crippen molar-refractivity contribution in [3.8, 4) is 5.75 Å². The van der Waals surface area contributed by atoms with E-state index < -0.39 is 46.3 Å². The van der Waals surface area contributed by atoms with Crippen molar-refractivity contribution >= 4 is 29.6 Å². The normalized spacial score (nSPS) is 11.6. The second kappa shape index (κ2) is 46.4. The largest absolute Gasteiger partial charge is 0.420 e. The first-order valence-corrected chi connectivity index (χ1v) is 30.6. The minimum atomic E-state index is -2.36. The molecule has 0 radical (unpaired) electrons. The molecule has 0 bridgehead atoms. The van der Waals surface area contributed by atoms with Gasteiger partial charge in [0, 0.05) is 78.4 Å². The molecule has 33 heteroatoms. The van der Waals surface area contributed by atoms with Gasteiger partial charge in [-0.25, -0.2) is 13.2 Å². The third kappa shape index (κ3) is 34.5. The van der Waals surface area contributed by atoms with E-state index in [9.17, 15) is 45.9 Å². The lowest BCUT2D eigenvalue weighted by atomic mass is 9.82. The van der Waals surface area contributed by atoms with Gasteiger partial charge in [0.15, 0.2) is 0 Å². The van der Waals surface area contributed by atoms with Crippen LogP contribution in [0.3, 0.4) is 0 Å². The number of hydrogen-bond donors (Lipinski definition) is 4. The van der Waals surface area contributed by atoms with Gasteiger partial charge in [-0.1, -0.05) is 54.2 Å². The summed E-state index contributed by atoms with van der Waals surface area (Å²) in [5.74, 6) is -15.3. The molecule has 0 saturated carbocycles. The Balaban J connectivity index is 1.25. The lowest BCUT2D eigenvalue weighted by Gasteiger charge is -2.35. The van der Waals surface area contributed by atoms with E-state index in [2.05, 4.69) is 56.9 Å². The maximum absolute atomic E-state index is 13.9. The summed E-state index contributed by atoms with van der Waals surface area (Å²) in [5, 5.41) is 35.2. The van der Waals surface area contributed by atoms with Gasteiger partial charge in [-0.2, -0.15) is 8.78 Å². The first-order chi connectivity index (χ1) is 44.0. The number of amides is 4. The molecule has 4 aromatic rings. The number of ether oxygens (including phenoxy) is 10. The third-order valence-corrected chi connectivity index (χ3v) is 13.5. The molecule has 1 aromatic carbocycles. The first kappa shape index (κ1) is 76.7. The van der Waals surface area contributed by atoms with Crippen molar-refractivity contribution in [2.75, 3.05) is 119 Å². The van der Waals surface area contributed by atoms with E-state index in [0.29, 0.717) is 122 Å². The van der Waals surface area contributed by atoms with Crippen molar-refractivity contribution < 1.29 is 93.3 Å². The number of nitrogens with zero attached hydrogens (tertiary/aromatic N) is 9. The number of aromatic nitrogens is 9. The van der Waals surface area contributed by atoms with Gasteiger partial charge in [0.1, 0.15) is 17.1 Å². The highest BCUT2D eigenvalue weighted by Gasteiger charge is 2.34. The Labute approximate surface area is 526 Å². The molecule has 0 spiro atoms. The maximum atomic E-state index is 13.9. The van der Waals surface area contributed by atoms with E-state index in [1.807, 2.05) is 0 Å². The van der Waals surface area contributed by atoms with Crippen LogP contribution in [0.2, 0.25) is 0 Å². The van der Waals surface area contributed by atoms with Gasteiger partial charge in [-0.15, -0.1) is 15.3 Å². The van der Waals surface area contributed by atoms with E-state index in [4.69, 9.17) is 42.6 Å². The SMILES string of the molecule is Cn1cc(COCCOCCOCCNC(=O)CCC(CCC(=O)NCCOCCOCCOCc2cn(C)nn2)(CCC(=O)NCCOCCOCCOCc2cn(C)nn2)NC(=O)CCCCCCCCCCC(=O)Oc2c(F)c(F)c(F)c(F)c2F)nn1. The molecule has 3 heterocycles.